The lowest BCUT2D eigenvalue weighted by molar-refractivity contribution is 0.0947. The number of H-pyrrole nitrogens is 1. The summed E-state index contributed by atoms with van der Waals surface area (Å²) in [5.41, 5.74) is 8.92. The zero-order valence-electron chi connectivity index (χ0n) is 11.6. The number of rotatable bonds is 3. The zero-order valence-corrected chi connectivity index (χ0v) is 11.6. The summed E-state index contributed by atoms with van der Waals surface area (Å²) in [6, 6.07) is 9.75. The number of amides is 1. The van der Waals surface area contributed by atoms with E-state index in [9.17, 15) is 4.79 Å². The molecule has 1 aromatic carbocycles. The van der Waals surface area contributed by atoms with Gasteiger partial charge in [0, 0.05) is 18.1 Å². The van der Waals surface area contributed by atoms with Crippen LogP contribution >= 0.6 is 0 Å². The highest BCUT2D eigenvalue weighted by Crippen LogP contribution is 2.16. The number of hydrogen-bond donors (Lipinski definition) is 3. The van der Waals surface area contributed by atoms with Crippen molar-refractivity contribution in [2.45, 2.75) is 13.5 Å². The molecule has 106 valence electrons. The Balaban J connectivity index is 1.81. The fourth-order valence-electron chi connectivity index (χ4n) is 2.18. The van der Waals surface area contributed by atoms with E-state index in [0.29, 0.717) is 17.9 Å². The van der Waals surface area contributed by atoms with Gasteiger partial charge in [-0.05, 0) is 18.6 Å². The van der Waals surface area contributed by atoms with Gasteiger partial charge in [-0.3, -0.25) is 14.9 Å². The van der Waals surface area contributed by atoms with Gasteiger partial charge in [-0.2, -0.15) is 5.10 Å². The number of aryl methyl sites for hydroxylation is 1. The minimum absolute atomic E-state index is 0.223. The first-order chi connectivity index (χ1) is 10.2. The van der Waals surface area contributed by atoms with Gasteiger partial charge >= 0.3 is 0 Å². The van der Waals surface area contributed by atoms with Crippen LogP contribution in [0.1, 0.15) is 21.7 Å². The maximum atomic E-state index is 12.1. The highest BCUT2D eigenvalue weighted by atomic mass is 16.1. The van der Waals surface area contributed by atoms with Crippen molar-refractivity contribution < 1.29 is 4.79 Å². The molecule has 6 heteroatoms. The molecule has 3 rings (SSSR count). The molecular weight excluding hydrogens is 266 g/mol. The van der Waals surface area contributed by atoms with Crippen LogP contribution in [-0.2, 0) is 6.54 Å². The number of hydrogen-bond acceptors (Lipinski definition) is 4. The first kappa shape index (κ1) is 13.1. The minimum Gasteiger partial charge on any atom is -0.395 e. The maximum absolute atomic E-state index is 12.1. The Bertz CT molecular complexity index is 803. The normalized spacial score (nSPS) is 10.7. The average Bonchev–Trinajstić information content (AvgIpc) is 2.84. The molecule has 0 saturated heterocycles. The second kappa shape index (κ2) is 5.24. The molecule has 4 N–H and O–H groups in total. The van der Waals surface area contributed by atoms with Crippen molar-refractivity contribution in [1.29, 1.82) is 0 Å². The van der Waals surface area contributed by atoms with E-state index in [4.69, 9.17) is 5.73 Å². The van der Waals surface area contributed by atoms with Crippen LogP contribution in [0.15, 0.2) is 36.5 Å². The highest BCUT2D eigenvalue weighted by Gasteiger charge is 2.15. The Morgan fingerprint density at radius 3 is 2.90 bits per heavy atom. The van der Waals surface area contributed by atoms with Crippen molar-refractivity contribution in [2.24, 2.45) is 0 Å². The molecule has 2 aromatic heterocycles. The summed E-state index contributed by atoms with van der Waals surface area (Å²) in [5, 5.41) is 10.5. The summed E-state index contributed by atoms with van der Waals surface area (Å²) in [6.45, 7) is 2.15. The van der Waals surface area contributed by atoms with E-state index >= 15 is 0 Å². The van der Waals surface area contributed by atoms with Gasteiger partial charge in [-0.1, -0.05) is 24.3 Å². The van der Waals surface area contributed by atoms with Gasteiger partial charge in [-0.25, -0.2) is 0 Å². The maximum Gasteiger partial charge on any atom is 0.274 e. The summed E-state index contributed by atoms with van der Waals surface area (Å²) < 4.78 is 0. The number of carbonyl (C=O) groups is 1. The molecule has 0 aliphatic carbocycles. The van der Waals surface area contributed by atoms with Gasteiger partial charge in [0.1, 0.15) is 0 Å². The fourth-order valence-corrected chi connectivity index (χ4v) is 2.18. The van der Waals surface area contributed by atoms with Crippen molar-refractivity contribution in [3.05, 3.63) is 53.5 Å². The van der Waals surface area contributed by atoms with Gasteiger partial charge in [0.15, 0.2) is 5.69 Å². The number of carbonyl (C=O) groups excluding carboxylic acids is 1. The van der Waals surface area contributed by atoms with Crippen LogP contribution in [-0.4, -0.2) is 21.1 Å². The molecular formula is C15H15N5O. The number of anilines is 1. The molecule has 0 unspecified atom stereocenters. The van der Waals surface area contributed by atoms with Gasteiger partial charge in [0.05, 0.1) is 16.9 Å². The van der Waals surface area contributed by atoms with E-state index in [0.717, 1.165) is 16.5 Å². The molecule has 0 atom stereocenters. The van der Waals surface area contributed by atoms with Crippen LogP contribution in [0.25, 0.3) is 10.9 Å². The molecule has 0 saturated carbocycles. The molecule has 0 aliphatic heterocycles. The second-order valence-electron chi connectivity index (χ2n) is 4.79. The fraction of sp³-hybridized carbons (Fsp3) is 0.133. The third kappa shape index (κ3) is 2.43. The number of fused-ring (bicyclic) bond motifs is 1. The number of nitrogens with zero attached hydrogens (tertiary/aromatic N) is 2. The Kier molecular flexibility index (Phi) is 3.27. The van der Waals surface area contributed by atoms with Crippen molar-refractivity contribution in [2.75, 3.05) is 5.73 Å². The minimum atomic E-state index is -0.301. The number of benzene rings is 1. The van der Waals surface area contributed by atoms with Crippen LogP contribution in [0.4, 0.5) is 5.69 Å². The number of aromatic nitrogens is 3. The summed E-state index contributed by atoms with van der Waals surface area (Å²) in [6.07, 6.45) is 1.74. The molecule has 1 amide bonds. The van der Waals surface area contributed by atoms with Crippen LogP contribution in [0.2, 0.25) is 0 Å². The molecule has 3 aromatic rings. The smallest absolute Gasteiger partial charge is 0.274 e. The number of pyridine rings is 1. The molecule has 0 aliphatic rings. The number of nitrogens with one attached hydrogen (secondary N) is 2. The molecule has 6 nitrogen and oxygen atoms in total. The third-order valence-corrected chi connectivity index (χ3v) is 3.37. The predicted octanol–water partition coefficient (Wildman–Crippen LogP) is 1.78. The van der Waals surface area contributed by atoms with Gasteiger partial charge in [0.2, 0.25) is 0 Å². The van der Waals surface area contributed by atoms with E-state index in [1.165, 1.54) is 0 Å². The van der Waals surface area contributed by atoms with Crippen LogP contribution in [0.5, 0.6) is 0 Å². The van der Waals surface area contributed by atoms with Gasteiger partial charge in [-0.15, -0.1) is 0 Å². The van der Waals surface area contributed by atoms with Crippen molar-refractivity contribution in [3.63, 3.8) is 0 Å². The lowest BCUT2D eigenvalue weighted by atomic mass is 10.1. The molecule has 2 heterocycles. The number of aromatic amines is 1. The SMILES string of the molecule is Cc1[nH]nc(C(=O)NCc2cccc3cccnc23)c1N. The Morgan fingerprint density at radius 1 is 1.33 bits per heavy atom. The van der Waals surface area contributed by atoms with Crippen molar-refractivity contribution in [1.82, 2.24) is 20.5 Å². The lowest BCUT2D eigenvalue weighted by Gasteiger charge is -2.07. The van der Waals surface area contributed by atoms with E-state index in [2.05, 4.69) is 20.5 Å². The summed E-state index contributed by atoms with van der Waals surface area (Å²) in [4.78, 5) is 16.4. The van der Waals surface area contributed by atoms with Crippen LogP contribution < -0.4 is 11.1 Å². The molecule has 21 heavy (non-hydrogen) atoms. The quantitative estimate of drug-likeness (QED) is 0.681. The standard InChI is InChI=1S/C15H15N5O/c1-9-12(16)14(20-19-9)15(21)18-8-11-5-2-4-10-6-3-7-17-13(10)11/h2-7H,8,16H2,1H3,(H,18,21)(H,19,20). The lowest BCUT2D eigenvalue weighted by Crippen LogP contribution is -2.24. The van der Waals surface area contributed by atoms with E-state index < -0.39 is 0 Å². The van der Waals surface area contributed by atoms with Crippen molar-refractivity contribution >= 4 is 22.5 Å². The van der Waals surface area contributed by atoms with Crippen molar-refractivity contribution in [3.8, 4) is 0 Å². The summed E-state index contributed by atoms with van der Waals surface area (Å²) in [5.74, 6) is -0.301. The third-order valence-electron chi connectivity index (χ3n) is 3.37. The van der Waals surface area contributed by atoms with E-state index in [1.807, 2.05) is 30.3 Å². The second-order valence-corrected chi connectivity index (χ2v) is 4.79. The Morgan fingerprint density at radius 2 is 2.14 bits per heavy atom. The molecule has 0 bridgehead atoms. The first-order valence-electron chi connectivity index (χ1n) is 6.58. The Hall–Kier alpha value is -2.89. The predicted molar refractivity (Wildman–Crippen MR) is 80.7 cm³/mol. The average molecular weight is 281 g/mol. The van der Waals surface area contributed by atoms with E-state index in [1.54, 1.807) is 13.1 Å². The summed E-state index contributed by atoms with van der Waals surface area (Å²) >= 11 is 0. The largest absolute Gasteiger partial charge is 0.395 e. The Labute approximate surface area is 121 Å². The zero-order chi connectivity index (χ0) is 14.8. The molecule has 0 radical (unpaired) electrons. The number of para-hydroxylation sites is 1. The van der Waals surface area contributed by atoms with Crippen LogP contribution in [0.3, 0.4) is 0 Å². The highest BCUT2D eigenvalue weighted by molar-refractivity contribution is 5.97. The first-order valence-corrected chi connectivity index (χ1v) is 6.58. The monoisotopic (exact) mass is 281 g/mol. The molecule has 0 spiro atoms. The van der Waals surface area contributed by atoms with E-state index in [-0.39, 0.29) is 11.6 Å². The van der Waals surface area contributed by atoms with Crippen LogP contribution in [0, 0.1) is 6.92 Å². The molecule has 0 fully saturated rings. The number of nitrogen functional groups attached to an aromatic ring is 1. The number of nitrogens with two attached hydrogens (primary N) is 1. The topological polar surface area (TPSA) is 96.7 Å². The van der Waals surface area contributed by atoms with Gasteiger partial charge in [0.25, 0.3) is 5.91 Å². The van der Waals surface area contributed by atoms with Gasteiger partial charge < -0.3 is 11.1 Å². The summed E-state index contributed by atoms with van der Waals surface area (Å²) in [7, 11) is 0.